The van der Waals surface area contributed by atoms with Crippen LogP contribution in [0.2, 0.25) is 0 Å². The van der Waals surface area contributed by atoms with Crippen LogP contribution in [0.5, 0.6) is 0 Å². The molecule has 0 aromatic rings. The van der Waals surface area contributed by atoms with Crippen LogP contribution in [-0.2, 0) is 0 Å². The Kier molecular flexibility index (Phi) is 30.1. The molecule has 0 aromatic carbocycles. The fourth-order valence-electron chi connectivity index (χ4n) is 0. The number of hydrogen-bond donors (Lipinski definition) is 8. The first-order valence-electron chi connectivity index (χ1n) is 2.61. The normalized spacial score (nSPS) is 10.0. The molecule has 13 nitrogen and oxygen atoms in total. The Hall–Kier alpha value is 1.43. The van der Waals surface area contributed by atoms with Gasteiger partial charge in [0.05, 0.1) is 0 Å². The predicted octanol–water partition coefficient (Wildman–Crippen LogP) is -11.3. The second-order valence-electron chi connectivity index (χ2n) is 1.70. The van der Waals surface area contributed by atoms with Gasteiger partial charge in [-0.2, -0.15) is 0 Å². The van der Waals surface area contributed by atoms with Crippen molar-refractivity contribution < 1.29 is 63.0 Å². The van der Waals surface area contributed by atoms with Crippen molar-refractivity contribution in [2.75, 3.05) is 0 Å². The molecule has 18 heavy (non-hydrogen) atoms. The molecular weight excluding hydrogens is 344 g/mol. The smallest absolute Gasteiger partial charge is 0.894 e. The van der Waals surface area contributed by atoms with E-state index < -0.39 is 27.1 Å². The number of hydrogen-bond acceptors (Lipinski definition) is 13. The van der Waals surface area contributed by atoms with Gasteiger partial charge < -0.3 is 72.1 Å². The van der Waals surface area contributed by atoms with Crippen LogP contribution in [0.15, 0.2) is 0 Å². The van der Waals surface area contributed by atoms with Crippen molar-refractivity contribution in [1.82, 2.24) is 0 Å². The summed E-state index contributed by atoms with van der Waals surface area (Å²) in [5.74, 6) is 0. The van der Waals surface area contributed by atoms with Gasteiger partial charge in [-0.25, -0.2) is 0 Å². The average molecular weight is 353 g/mol. The van der Waals surface area contributed by atoms with Crippen molar-refractivity contribution in [3.05, 3.63) is 0 Å². The van der Waals surface area contributed by atoms with Crippen LogP contribution in [0.4, 0.5) is 0 Å². The summed E-state index contributed by atoms with van der Waals surface area (Å²) in [6, 6.07) is 0. The molecule has 0 saturated heterocycles. The molecule has 0 unspecified atom stereocenters. The van der Waals surface area contributed by atoms with Crippen molar-refractivity contribution in [3.63, 3.8) is 0 Å². The molecule has 0 heterocycles. The first-order chi connectivity index (χ1) is 6.00. The zero-order chi connectivity index (χ0) is 13.5. The van der Waals surface area contributed by atoms with Gasteiger partial charge in [-0.15, -0.1) is 0 Å². The molecule has 0 aliphatic rings. The van der Waals surface area contributed by atoms with Gasteiger partial charge in [-0.3, -0.25) is 0 Å². The van der Waals surface area contributed by atoms with E-state index in [4.69, 9.17) is 57.5 Å². The molecule has 0 fully saturated rings. The molecule has 104 valence electrons. The molecule has 0 radical (unpaired) electrons. The Bertz CT molecular complexity index is 97.3. The topological polar surface area (TPSA) is 284 Å². The number of rotatable bonds is 0. The van der Waals surface area contributed by atoms with E-state index in [-0.39, 0.29) is 45.9 Å². The van der Waals surface area contributed by atoms with Crippen LogP contribution in [0.25, 0.3) is 0 Å². The first kappa shape index (κ1) is 36.6. The maximum absolute atomic E-state index is 8.58. The summed E-state index contributed by atoms with van der Waals surface area (Å²) >= 11 is 0. The zero-order valence-electron chi connectivity index (χ0n) is 8.44. The SMILES string of the molecule is O[Si](O)(O)O.O[Si](O)(O)O.[Al+3].[Mg+2].[O-][Si]([O-])([O-])[O-].[OH-]. The molecule has 0 saturated carbocycles. The molecule has 0 aliphatic carbocycles. The van der Waals surface area contributed by atoms with Gasteiger partial charge in [-0.05, 0) is 0 Å². The third-order valence-electron chi connectivity index (χ3n) is 0. The summed E-state index contributed by atoms with van der Waals surface area (Å²) in [6.45, 7) is 0. The van der Waals surface area contributed by atoms with Gasteiger partial charge in [0.1, 0.15) is 0 Å². The van der Waals surface area contributed by atoms with E-state index >= 15 is 0 Å². The second kappa shape index (κ2) is 14.8. The standard InChI is InChI=1S/Al.Mg.2H4O4Si.O4Si.H2O/c;;3*1-5(2,3)4;/h;;2*1-4H;;1H2/q+3;+2;;;-4;/p-1. The quantitative estimate of drug-likeness (QED) is 0.188. The fourth-order valence-corrected chi connectivity index (χ4v) is 0. The van der Waals surface area contributed by atoms with Crippen molar-refractivity contribution in [2.45, 2.75) is 0 Å². The average Bonchev–Trinajstić information content (AvgIpc) is 1.41. The minimum Gasteiger partial charge on any atom is -0.894 e. The van der Waals surface area contributed by atoms with Crippen molar-refractivity contribution in [1.29, 1.82) is 0 Å². The first-order valence-corrected chi connectivity index (χ1v) is 7.82. The molecule has 18 heteroatoms. The van der Waals surface area contributed by atoms with Crippen LogP contribution in [0.3, 0.4) is 0 Å². The van der Waals surface area contributed by atoms with Gasteiger partial charge in [0, 0.05) is 0 Å². The molecule has 0 aromatic heterocycles. The Morgan fingerprint density at radius 3 is 0.556 bits per heavy atom. The van der Waals surface area contributed by atoms with E-state index in [1.807, 2.05) is 0 Å². The molecule has 0 atom stereocenters. The van der Waals surface area contributed by atoms with Crippen molar-refractivity contribution in [2.24, 2.45) is 0 Å². The van der Waals surface area contributed by atoms with Gasteiger partial charge in [0.25, 0.3) is 0 Å². The molecular formula is H9AlMgO13Si3. The summed E-state index contributed by atoms with van der Waals surface area (Å²) in [6.07, 6.45) is 0. The van der Waals surface area contributed by atoms with Gasteiger partial charge in [-0.1, -0.05) is 0 Å². The van der Waals surface area contributed by atoms with E-state index in [9.17, 15) is 0 Å². The van der Waals surface area contributed by atoms with E-state index in [2.05, 4.69) is 0 Å². The van der Waals surface area contributed by atoms with Crippen LogP contribution in [0.1, 0.15) is 0 Å². The molecule has 0 rings (SSSR count). The van der Waals surface area contributed by atoms with Gasteiger partial charge in [0.2, 0.25) is 0 Å². The second-order valence-corrected chi connectivity index (χ2v) is 5.10. The maximum Gasteiger partial charge on any atom is 3.00 e. The fraction of sp³-hybridized carbons (Fsp3) is 0. The molecule has 0 aliphatic heterocycles. The third kappa shape index (κ3) is 2300. The minimum absolute atomic E-state index is 0. The van der Waals surface area contributed by atoms with E-state index in [1.54, 1.807) is 0 Å². The van der Waals surface area contributed by atoms with Crippen LogP contribution in [0, 0.1) is 0 Å². The molecule has 0 amide bonds. The summed E-state index contributed by atoms with van der Waals surface area (Å²) in [5, 5.41) is 0. The van der Waals surface area contributed by atoms with E-state index in [0.29, 0.717) is 0 Å². The van der Waals surface area contributed by atoms with Crippen LogP contribution < -0.4 is 19.2 Å². The Morgan fingerprint density at radius 2 is 0.556 bits per heavy atom. The summed E-state index contributed by atoms with van der Waals surface area (Å²) in [7, 11) is -14.8. The van der Waals surface area contributed by atoms with Crippen molar-refractivity contribution >= 4 is 67.6 Å². The minimum atomic E-state index is -5.61. The summed E-state index contributed by atoms with van der Waals surface area (Å²) in [4.78, 5) is 92.9. The third-order valence-corrected chi connectivity index (χ3v) is 0. The Morgan fingerprint density at radius 1 is 0.556 bits per heavy atom. The maximum atomic E-state index is 8.58. The van der Waals surface area contributed by atoms with Gasteiger partial charge in [0.15, 0.2) is 0 Å². The van der Waals surface area contributed by atoms with Crippen molar-refractivity contribution in [3.8, 4) is 0 Å². The van der Waals surface area contributed by atoms with E-state index in [1.165, 1.54) is 0 Å². The molecule has 0 spiro atoms. The largest absolute Gasteiger partial charge is 3.00 e. The van der Waals surface area contributed by atoms with Crippen LogP contribution in [-0.4, -0.2) is 111 Å². The van der Waals surface area contributed by atoms with Gasteiger partial charge >= 0.3 is 58.5 Å². The molecule has 0 bridgehead atoms. The van der Waals surface area contributed by atoms with Crippen LogP contribution >= 0.6 is 0 Å². The zero-order valence-corrected chi connectivity index (χ0v) is 14.0. The summed E-state index contributed by atoms with van der Waals surface area (Å²) in [5.41, 5.74) is 0. The summed E-state index contributed by atoms with van der Waals surface area (Å²) < 4.78 is 0. The predicted molar refractivity (Wildman–Crippen MR) is 48.5 cm³/mol. The monoisotopic (exact) mass is 352 g/mol. The Balaban J connectivity index is -0.0000000277. The van der Waals surface area contributed by atoms with E-state index in [0.717, 1.165) is 0 Å². The molecule has 9 N–H and O–H groups in total. The Labute approximate surface area is 130 Å².